The first kappa shape index (κ1) is 49.0. The Balaban J connectivity index is 1.27. The number of halogens is 11. The van der Waals surface area contributed by atoms with E-state index in [0.29, 0.717) is 24.5 Å². The first-order chi connectivity index (χ1) is 31.1. The van der Waals surface area contributed by atoms with Gasteiger partial charge in [0.2, 0.25) is 5.82 Å². The van der Waals surface area contributed by atoms with Crippen LogP contribution in [0.4, 0.5) is 43.9 Å². The van der Waals surface area contributed by atoms with Gasteiger partial charge < -0.3 is 0 Å². The van der Waals surface area contributed by atoms with Crippen molar-refractivity contribution < 1.29 is 66.9 Å². The Morgan fingerprint density at radius 1 is 0.439 bits per heavy atom. The summed E-state index contributed by atoms with van der Waals surface area (Å²) in [5.41, 5.74) is 1.86. The minimum atomic E-state index is -5.81. The van der Waals surface area contributed by atoms with Gasteiger partial charge in [-0.1, -0.05) is 36.4 Å². The molecule has 0 amide bonds. The van der Waals surface area contributed by atoms with E-state index in [9.17, 15) is 52.0 Å². The van der Waals surface area contributed by atoms with E-state index in [0.717, 1.165) is 17.3 Å². The molecule has 6 nitrogen and oxygen atoms in total. The van der Waals surface area contributed by atoms with Crippen molar-refractivity contribution in [3.63, 3.8) is 0 Å². The van der Waals surface area contributed by atoms with Crippen LogP contribution >= 0.6 is 42.3 Å². The van der Waals surface area contributed by atoms with Crippen LogP contribution in [0, 0.1) is 86.1 Å². The van der Waals surface area contributed by atoms with Crippen LogP contribution in [0.2, 0.25) is 0 Å². The molecule has 0 aliphatic carbocycles. The monoisotopic (exact) mass is 1110 g/mol. The second-order valence-corrected chi connectivity index (χ2v) is 25.8. The predicted octanol–water partition coefficient (Wildman–Crippen LogP) is 13.6. The Labute approximate surface area is 385 Å². The zero-order valence-electron chi connectivity index (χ0n) is 33.8. The average molecular weight is 1110 g/mol. The van der Waals surface area contributed by atoms with Crippen LogP contribution in [0.15, 0.2) is 156 Å². The van der Waals surface area contributed by atoms with Gasteiger partial charge >= 0.3 is 287 Å². The van der Waals surface area contributed by atoms with Gasteiger partial charge in [0.25, 0.3) is 0 Å². The van der Waals surface area contributed by atoms with Crippen LogP contribution < -0.4 is 0 Å². The topological polar surface area (TPSA) is 86.7 Å². The zero-order chi connectivity index (χ0) is 48.0. The van der Waals surface area contributed by atoms with Gasteiger partial charge in [-0.2, -0.15) is 8.42 Å². The molecule has 66 heavy (non-hydrogen) atoms. The normalized spacial score (nSPS) is 12.7. The summed E-state index contributed by atoms with van der Waals surface area (Å²) in [5, 5.41) is 0. The third kappa shape index (κ3) is 9.09. The number of hydrogen-bond acceptors (Lipinski definition) is 7. The standard InChI is InChI=1S/C45H29F10IO6S4/c1-24-22-25(2)43(26(3)23-24)56(61-65(57,58)44-39(52)35(48)33(46)36(49)40(44)53)27-14-16-28(17-15-27)63-29-18-20-32(21-19-29)64(30-10-6-4-7-11-30,31-12-8-5-9-13-31)62-66(59,60)45-41(54)37(50)34(47)38(51)42(45)55/h4-23H,1-3H3. The summed E-state index contributed by atoms with van der Waals surface area (Å²) in [4.78, 5) is -2.89. The van der Waals surface area contributed by atoms with Crippen molar-refractivity contribution in [2.45, 2.75) is 55.0 Å². The molecule has 7 rings (SSSR count). The van der Waals surface area contributed by atoms with Crippen LogP contribution in [0.3, 0.4) is 0 Å². The molecule has 0 saturated heterocycles. The van der Waals surface area contributed by atoms with Crippen molar-refractivity contribution in [2.24, 2.45) is 0 Å². The molecular formula is C45H29F10IO6S4. The summed E-state index contributed by atoms with van der Waals surface area (Å²) >= 11 is -2.73. The molecule has 7 aromatic rings. The summed E-state index contributed by atoms with van der Waals surface area (Å²) in [6, 6.07) is 30.6. The summed E-state index contributed by atoms with van der Waals surface area (Å²) in [6.07, 6.45) is 0. The maximum atomic E-state index is 15.1. The van der Waals surface area contributed by atoms with Gasteiger partial charge in [0.05, 0.1) is 0 Å². The van der Waals surface area contributed by atoms with E-state index in [1.165, 1.54) is 84.9 Å². The Morgan fingerprint density at radius 2 is 0.788 bits per heavy atom. The summed E-state index contributed by atoms with van der Waals surface area (Å²) in [5.74, 6) is -25.5. The summed E-state index contributed by atoms with van der Waals surface area (Å²) < 4.78 is 212. The van der Waals surface area contributed by atoms with Gasteiger partial charge in [-0.25, -0.2) is 22.0 Å². The molecule has 0 heterocycles. The quantitative estimate of drug-likeness (QED) is 0.0492. The van der Waals surface area contributed by atoms with Gasteiger partial charge in [-0.3, -0.25) is 0 Å². The molecule has 0 aliphatic heterocycles. The first-order valence-electron chi connectivity index (χ1n) is 18.6. The average Bonchev–Trinajstić information content (AvgIpc) is 3.28. The van der Waals surface area contributed by atoms with Crippen molar-refractivity contribution in [3.05, 3.63) is 203 Å². The van der Waals surface area contributed by atoms with Crippen LogP contribution in [0.1, 0.15) is 16.7 Å². The summed E-state index contributed by atoms with van der Waals surface area (Å²) in [6.45, 7) is 5.06. The zero-order valence-corrected chi connectivity index (χ0v) is 39.2. The van der Waals surface area contributed by atoms with Crippen LogP contribution in [-0.2, 0) is 26.4 Å². The van der Waals surface area contributed by atoms with E-state index >= 15 is 8.78 Å². The molecule has 0 spiro atoms. The molecule has 21 heteroatoms. The van der Waals surface area contributed by atoms with Gasteiger partial charge in [-0.15, -0.1) is 0 Å². The van der Waals surface area contributed by atoms with Crippen molar-refractivity contribution in [1.82, 2.24) is 0 Å². The number of rotatable bonds is 13. The molecule has 0 aromatic heterocycles. The van der Waals surface area contributed by atoms with E-state index in [2.05, 4.69) is 0 Å². The van der Waals surface area contributed by atoms with Crippen molar-refractivity contribution >= 4 is 62.5 Å². The maximum absolute atomic E-state index is 15.1. The first-order valence-corrected chi connectivity index (χ1v) is 26.9. The van der Waals surface area contributed by atoms with Gasteiger partial charge in [0.1, 0.15) is 0 Å². The molecule has 346 valence electrons. The second-order valence-electron chi connectivity index (χ2n) is 14.0. The molecule has 0 bridgehead atoms. The van der Waals surface area contributed by atoms with E-state index in [4.69, 9.17) is 6.14 Å². The molecule has 0 atom stereocenters. The van der Waals surface area contributed by atoms with Gasteiger partial charge in [0, 0.05) is 0 Å². The molecular weight excluding hydrogens is 1080 g/mol. The van der Waals surface area contributed by atoms with Crippen molar-refractivity contribution in [2.75, 3.05) is 0 Å². The van der Waals surface area contributed by atoms with Crippen LogP contribution in [-0.4, -0.2) is 16.8 Å². The fourth-order valence-electron chi connectivity index (χ4n) is 6.70. The van der Waals surface area contributed by atoms with E-state index in [1.807, 2.05) is 0 Å². The molecule has 7 aromatic carbocycles. The Morgan fingerprint density at radius 3 is 1.20 bits per heavy atom. The Bertz CT molecular complexity index is 3120. The second kappa shape index (κ2) is 19.0. The number of aryl methyl sites for hydroxylation is 3. The summed E-state index contributed by atoms with van der Waals surface area (Å²) in [7, 11) is -15.1. The fourth-order valence-corrected chi connectivity index (χ4v) is 20.4. The van der Waals surface area contributed by atoms with Crippen molar-refractivity contribution in [3.8, 4) is 0 Å². The van der Waals surface area contributed by atoms with Crippen LogP contribution in [0.25, 0.3) is 0 Å². The fraction of sp³-hybridized carbons (Fsp3) is 0.0667. The molecule has 0 fully saturated rings. The van der Waals surface area contributed by atoms with Crippen LogP contribution in [0.5, 0.6) is 0 Å². The van der Waals surface area contributed by atoms with E-state index in [-0.39, 0.29) is 18.3 Å². The van der Waals surface area contributed by atoms with Gasteiger partial charge in [0.15, 0.2) is 28.2 Å². The minimum absolute atomic E-state index is 0.109. The Kier molecular flexibility index (Phi) is 14.1. The molecule has 0 radical (unpaired) electrons. The third-order valence-corrected chi connectivity index (χ3v) is 23.9. The molecule has 0 aliphatic rings. The van der Waals surface area contributed by atoms with Crippen molar-refractivity contribution in [1.29, 1.82) is 0 Å². The number of hydrogen-bond donors (Lipinski definition) is 0. The SMILES string of the molecule is Cc1cc(C)c(I(OS(=O)(=O)c2c(F)c(F)c(F)c(F)c2F)c2ccc(Sc3ccc(S(OS(=O)(=O)c4c(F)c(F)c(F)c(F)c4F)(c4ccccc4)c4ccccc4)cc3)cc2)c(C)c1. The van der Waals surface area contributed by atoms with E-state index in [1.54, 1.807) is 57.2 Å². The molecule has 0 unspecified atom stereocenters. The number of benzene rings is 7. The molecule has 0 saturated carbocycles. The van der Waals surface area contributed by atoms with E-state index < -0.39 is 119 Å². The van der Waals surface area contributed by atoms with Gasteiger partial charge in [-0.05, 0) is 0 Å². The third-order valence-electron chi connectivity index (χ3n) is 9.48. The Hall–Kier alpha value is -4.91. The predicted molar refractivity (Wildman–Crippen MR) is 233 cm³/mol. The molecule has 0 N–H and O–H groups in total.